The van der Waals surface area contributed by atoms with Crippen LogP contribution < -0.4 is 5.32 Å². The van der Waals surface area contributed by atoms with E-state index < -0.39 is 0 Å². The number of amides is 1. The topological polar surface area (TPSA) is 97.3 Å². The third-order valence-electron chi connectivity index (χ3n) is 5.88. The van der Waals surface area contributed by atoms with Crippen molar-refractivity contribution >= 4 is 34.2 Å². The summed E-state index contributed by atoms with van der Waals surface area (Å²) < 4.78 is 3.70. The molecule has 0 atom stereocenters. The van der Waals surface area contributed by atoms with Crippen LogP contribution in [0.4, 0.5) is 5.69 Å². The quantitative estimate of drug-likeness (QED) is 0.374. The van der Waals surface area contributed by atoms with Gasteiger partial charge in [-0.15, -0.1) is 0 Å². The summed E-state index contributed by atoms with van der Waals surface area (Å²) in [6, 6.07) is 15.5. The van der Waals surface area contributed by atoms with Gasteiger partial charge < -0.3 is 10.4 Å². The second-order valence-electron chi connectivity index (χ2n) is 8.30. The highest BCUT2D eigenvalue weighted by molar-refractivity contribution is 6.08. The molecule has 0 aliphatic carbocycles. The summed E-state index contributed by atoms with van der Waals surface area (Å²) in [6.45, 7) is 4.55. The molecule has 35 heavy (non-hydrogen) atoms. The van der Waals surface area contributed by atoms with Crippen LogP contribution in [0.1, 0.15) is 40.1 Å². The number of pyridine rings is 2. The molecule has 0 saturated heterocycles. The lowest BCUT2D eigenvalue weighted by Gasteiger charge is -2.08. The Morgan fingerprint density at radius 2 is 2.03 bits per heavy atom. The van der Waals surface area contributed by atoms with Crippen LogP contribution in [-0.2, 0) is 13.0 Å². The fraction of sp³-hybridized carbons (Fsp3) is 0.185. The molecule has 0 unspecified atom stereocenters. The molecule has 0 spiro atoms. The number of fused-ring (bicyclic) bond motifs is 2. The third kappa shape index (κ3) is 4.43. The number of aryl methyl sites for hydroxylation is 2. The predicted octanol–water partition coefficient (Wildman–Crippen LogP) is 4.26. The number of imidazole rings is 1. The maximum Gasteiger partial charge on any atom is 0.274 e. The molecule has 1 amide bonds. The van der Waals surface area contributed by atoms with Crippen molar-refractivity contribution in [3.63, 3.8) is 0 Å². The zero-order chi connectivity index (χ0) is 24.4. The maximum atomic E-state index is 13.3. The van der Waals surface area contributed by atoms with E-state index in [4.69, 9.17) is 10.2 Å². The highest BCUT2D eigenvalue weighted by Crippen LogP contribution is 2.28. The van der Waals surface area contributed by atoms with Gasteiger partial charge >= 0.3 is 0 Å². The van der Waals surface area contributed by atoms with Gasteiger partial charge in [0.15, 0.2) is 0 Å². The average Bonchev–Trinajstić information content (AvgIpc) is 3.44. The molecule has 176 valence electrons. The Kier molecular flexibility index (Phi) is 6.12. The molecular weight excluding hydrogens is 440 g/mol. The number of carbonyl (C=O) groups is 1. The van der Waals surface area contributed by atoms with Crippen LogP contribution in [-0.4, -0.2) is 41.8 Å². The number of nitrogens with one attached hydrogen (secondary N) is 1. The minimum atomic E-state index is -0.251. The number of anilines is 1. The van der Waals surface area contributed by atoms with Crippen molar-refractivity contribution in [3.05, 3.63) is 95.3 Å². The van der Waals surface area contributed by atoms with Crippen molar-refractivity contribution in [1.29, 1.82) is 0 Å². The van der Waals surface area contributed by atoms with E-state index >= 15 is 0 Å². The normalized spacial score (nSPS) is 11.6. The van der Waals surface area contributed by atoms with E-state index in [-0.39, 0.29) is 12.5 Å². The molecule has 5 aromatic rings. The van der Waals surface area contributed by atoms with Gasteiger partial charge in [0.05, 0.1) is 41.9 Å². The highest BCUT2D eigenvalue weighted by Gasteiger charge is 2.18. The number of nitrogens with zero attached hydrogens (tertiary/aromatic N) is 5. The van der Waals surface area contributed by atoms with E-state index in [0.717, 1.165) is 40.0 Å². The number of hydrogen-bond donors (Lipinski definition) is 2. The summed E-state index contributed by atoms with van der Waals surface area (Å²) in [5.74, 6) is -0.251. The van der Waals surface area contributed by atoms with E-state index in [2.05, 4.69) is 22.2 Å². The van der Waals surface area contributed by atoms with Crippen LogP contribution in [0, 0.1) is 6.92 Å². The standard InChI is InChI=1S/C27H26N6O2/c1-3-21-26-22(10-5-11-23(26)33(31-21)17-20-9-4-7-18(2)29-20)30-27(35)24-16-28-25-15-19(8-6-14-34)12-13-32(24)25/h4-13,15-16,34H,3,14,17H2,1-2H3,(H,30,35)/b8-6+. The highest BCUT2D eigenvalue weighted by atomic mass is 16.2. The Bertz CT molecular complexity index is 1560. The number of benzene rings is 1. The Labute approximate surface area is 202 Å². The summed E-state index contributed by atoms with van der Waals surface area (Å²) in [5.41, 5.74) is 6.47. The summed E-state index contributed by atoms with van der Waals surface area (Å²) >= 11 is 0. The van der Waals surface area contributed by atoms with Gasteiger partial charge in [-0.3, -0.25) is 18.9 Å². The van der Waals surface area contributed by atoms with Crippen molar-refractivity contribution in [2.75, 3.05) is 11.9 Å². The lowest BCUT2D eigenvalue weighted by molar-refractivity contribution is 0.102. The number of rotatable bonds is 7. The molecule has 5 rings (SSSR count). The Hall–Kier alpha value is -4.30. The molecule has 0 fully saturated rings. The van der Waals surface area contributed by atoms with E-state index in [1.165, 1.54) is 0 Å². The number of aliphatic hydroxyl groups excluding tert-OH is 1. The first-order chi connectivity index (χ1) is 17.1. The van der Waals surface area contributed by atoms with Gasteiger partial charge in [-0.1, -0.05) is 31.2 Å². The summed E-state index contributed by atoms with van der Waals surface area (Å²) in [4.78, 5) is 22.3. The SMILES string of the molecule is CCc1nn(Cc2cccc(C)n2)c2cccc(NC(=O)c3cnc4cc(/C=C/CO)ccn34)c12. The monoisotopic (exact) mass is 466 g/mol. The van der Waals surface area contributed by atoms with Crippen molar-refractivity contribution in [2.24, 2.45) is 0 Å². The molecule has 4 aromatic heterocycles. The van der Waals surface area contributed by atoms with Gasteiger partial charge in [0.1, 0.15) is 11.3 Å². The van der Waals surface area contributed by atoms with E-state index in [9.17, 15) is 4.79 Å². The lowest BCUT2D eigenvalue weighted by atomic mass is 10.1. The van der Waals surface area contributed by atoms with Crippen LogP contribution in [0.25, 0.3) is 22.6 Å². The van der Waals surface area contributed by atoms with Crippen molar-refractivity contribution in [1.82, 2.24) is 24.1 Å². The minimum Gasteiger partial charge on any atom is -0.392 e. The second-order valence-corrected chi connectivity index (χ2v) is 8.30. The molecule has 8 nitrogen and oxygen atoms in total. The predicted molar refractivity (Wildman–Crippen MR) is 136 cm³/mol. The molecule has 0 saturated carbocycles. The van der Waals surface area contributed by atoms with Gasteiger partial charge in [-0.05, 0) is 55.3 Å². The van der Waals surface area contributed by atoms with Crippen LogP contribution in [0.3, 0.4) is 0 Å². The molecule has 2 N–H and O–H groups in total. The van der Waals surface area contributed by atoms with Crippen LogP contribution in [0.2, 0.25) is 0 Å². The second kappa shape index (κ2) is 9.52. The first-order valence-electron chi connectivity index (χ1n) is 11.5. The van der Waals surface area contributed by atoms with Gasteiger partial charge in [0.2, 0.25) is 0 Å². The summed E-state index contributed by atoms with van der Waals surface area (Å²) in [7, 11) is 0. The third-order valence-corrected chi connectivity index (χ3v) is 5.88. The van der Waals surface area contributed by atoms with Crippen molar-refractivity contribution < 1.29 is 9.90 Å². The zero-order valence-electron chi connectivity index (χ0n) is 19.6. The van der Waals surface area contributed by atoms with Crippen molar-refractivity contribution in [2.45, 2.75) is 26.8 Å². The van der Waals surface area contributed by atoms with E-state index in [1.54, 1.807) is 22.9 Å². The molecule has 0 aliphatic heterocycles. The smallest absolute Gasteiger partial charge is 0.274 e. The molecule has 0 radical (unpaired) electrons. The molecule has 0 aliphatic rings. The molecule has 4 heterocycles. The van der Waals surface area contributed by atoms with Gasteiger partial charge in [-0.25, -0.2) is 4.98 Å². The van der Waals surface area contributed by atoms with Crippen LogP contribution in [0.5, 0.6) is 0 Å². The maximum absolute atomic E-state index is 13.3. The fourth-order valence-electron chi connectivity index (χ4n) is 4.26. The minimum absolute atomic E-state index is 0.0311. The zero-order valence-corrected chi connectivity index (χ0v) is 19.6. The largest absolute Gasteiger partial charge is 0.392 e. The lowest BCUT2D eigenvalue weighted by Crippen LogP contribution is -2.14. The first-order valence-corrected chi connectivity index (χ1v) is 11.5. The molecule has 0 bridgehead atoms. The number of aromatic nitrogens is 5. The number of carbonyl (C=O) groups excluding carboxylic acids is 1. The average molecular weight is 467 g/mol. The van der Waals surface area contributed by atoms with Gasteiger partial charge in [0, 0.05) is 17.3 Å². The van der Waals surface area contributed by atoms with Crippen LogP contribution >= 0.6 is 0 Å². The molecule has 8 heteroatoms. The molecule has 1 aromatic carbocycles. The summed E-state index contributed by atoms with van der Waals surface area (Å²) in [5, 5.41) is 17.8. The number of hydrogen-bond acceptors (Lipinski definition) is 5. The van der Waals surface area contributed by atoms with Gasteiger partial charge in [0.25, 0.3) is 5.91 Å². The number of aliphatic hydroxyl groups is 1. The Morgan fingerprint density at radius 3 is 2.83 bits per heavy atom. The van der Waals surface area contributed by atoms with E-state index in [0.29, 0.717) is 23.6 Å². The summed E-state index contributed by atoms with van der Waals surface area (Å²) in [6.07, 6.45) is 7.57. The first kappa shape index (κ1) is 22.5. The fourth-order valence-corrected chi connectivity index (χ4v) is 4.26. The molecular formula is C27H26N6O2. The Balaban J connectivity index is 1.48. The van der Waals surface area contributed by atoms with Crippen molar-refractivity contribution in [3.8, 4) is 0 Å². The van der Waals surface area contributed by atoms with Gasteiger partial charge in [-0.2, -0.15) is 5.10 Å². The van der Waals surface area contributed by atoms with E-state index in [1.807, 2.05) is 66.2 Å². The Morgan fingerprint density at radius 1 is 1.17 bits per heavy atom. The van der Waals surface area contributed by atoms with Crippen LogP contribution in [0.15, 0.2) is 67.0 Å².